The molecule has 1 aliphatic rings. The fourth-order valence-corrected chi connectivity index (χ4v) is 1.93. The number of carbonyl (C=O) groups is 1. The highest BCUT2D eigenvalue weighted by molar-refractivity contribution is 5.89. The minimum atomic E-state index is -0.327. The van der Waals surface area contributed by atoms with E-state index in [4.69, 9.17) is 4.74 Å². The average Bonchev–Trinajstić information content (AvgIpc) is 2.34. The first-order valence-corrected chi connectivity index (χ1v) is 5.99. The summed E-state index contributed by atoms with van der Waals surface area (Å²) in [6.45, 7) is 7.12. The molecule has 1 aromatic rings. The molecule has 1 saturated heterocycles. The average molecular weight is 250 g/mol. The lowest BCUT2D eigenvalue weighted by molar-refractivity contribution is -0.105. The monoisotopic (exact) mass is 250 g/mol. The van der Waals surface area contributed by atoms with Gasteiger partial charge in [-0.05, 0) is 26.8 Å². The van der Waals surface area contributed by atoms with Gasteiger partial charge in [0, 0.05) is 6.54 Å². The fraction of sp³-hybridized carbons (Fsp3) is 0.583. The van der Waals surface area contributed by atoms with Crippen LogP contribution in [0, 0.1) is 0 Å². The number of hydrogen-bond acceptors (Lipinski definition) is 4. The van der Waals surface area contributed by atoms with Crippen molar-refractivity contribution in [3.63, 3.8) is 0 Å². The number of nitrogens with one attached hydrogen (secondary N) is 1. The first-order valence-electron chi connectivity index (χ1n) is 5.99. The van der Waals surface area contributed by atoms with Crippen molar-refractivity contribution >= 4 is 11.7 Å². The minimum absolute atomic E-state index is 0.0149. The summed E-state index contributed by atoms with van der Waals surface area (Å²) in [6.07, 6.45) is 3.07. The fourth-order valence-electron chi connectivity index (χ4n) is 1.93. The Morgan fingerprint density at radius 1 is 1.56 bits per heavy atom. The van der Waals surface area contributed by atoms with Gasteiger partial charge in [-0.15, -0.1) is 0 Å². The SMILES string of the molecule is CC1N(C(=O)Nc2ccnnc2)CCOC1(C)C. The smallest absolute Gasteiger partial charge is 0.322 e. The van der Waals surface area contributed by atoms with E-state index in [0.717, 1.165) is 0 Å². The maximum atomic E-state index is 12.2. The third kappa shape index (κ3) is 2.59. The van der Waals surface area contributed by atoms with E-state index in [2.05, 4.69) is 15.5 Å². The Labute approximate surface area is 106 Å². The molecule has 6 heteroatoms. The topological polar surface area (TPSA) is 67.4 Å². The van der Waals surface area contributed by atoms with Gasteiger partial charge in [-0.3, -0.25) is 0 Å². The molecule has 18 heavy (non-hydrogen) atoms. The molecule has 1 atom stereocenters. The van der Waals surface area contributed by atoms with Crippen molar-refractivity contribution < 1.29 is 9.53 Å². The molecule has 0 saturated carbocycles. The highest BCUT2D eigenvalue weighted by Gasteiger charge is 2.37. The number of amides is 2. The lowest BCUT2D eigenvalue weighted by Crippen LogP contribution is -2.58. The summed E-state index contributed by atoms with van der Waals surface area (Å²) >= 11 is 0. The molecule has 0 radical (unpaired) electrons. The number of urea groups is 1. The van der Waals surface area contributed by atoms with E-state index in [1.54, 1.807) is 17.2 Å². The lowest BCUT2D eigenvalue weighted by atomic mass is 9.97. The van der Waals surface area contributed by atoms with Crippen LogP contribution < -0.4 is 5.32 Å². The molecule has 98 valence electrons. The third-order valence-electron chi connectivity index (χ3n) is 3.38. The molecule has 1 fully saturated rings. The highest BCUT2D eigenvalue weighted by Crippen LogP contribution is 2.24. The van der Waals surface area contributed by atoms with E-state index >= 15 is 0 Å². The molecule has 6 nitrogen and oxygen atoms in total. The summed E-state index contributed by atoms with van der Waals surface area (Å²) in [7, 11) is 0. The molecule has 2 heterocycles. The predicted molar refractivity (Wildman–Crippen MR) is 67.2 cm³/mol. The van der Waals surface area contributed by atoms with Gasteiger partial charge in [0.1, 0.15) is 0 Å². The second-order valence-electron chi connectivity index (χ2n) is 4.88. The number of ether oxygens (including phenoxy) is 1. The molecule has 0 aromatic carbocycles. The number of aromatic nitrogens is 2. The van der Waals surface area contributed by atoms with Crippen LogP contribution in [0.4, 0.5) is 10.5 Å². The molecule has 0 spiro atoms. The Hall–Kier alpha value is -1.69. The van der Waals surface area contributed by atoms with E-state index in [9.17, 15) is 4.79 Å². The molecule has 0 bridgehead atoms. The number of anilines is 1. The van der Waals surface area contributed by atoms with E-state index in [1.807, 2.05) is 20.8 Å². The maximum Gasteiger partial charge on any atom is 0.322 e. The zero-order chi connectivity index (χ0) is 13.2. The molecule has 2 amide bonds. The molecular weight excluding hydrogens is 232 g/mol. The van der Waals surface area contributed by atoms with Crippen LogP contribution in [0.3, 0.4) is 0 Å². The van der Waals surface area contributed by atoms with E-state index < -0.39 is 0 Å². The van der Waals surface area contributed by atoms with Crippen molar-refractivity contribution in [3.05, 3.63) is 18.5 Å². The number of carbonyl (C=O) groups excluding carboxylic acids is 1. The van der Waals surface area contributed by atoms with Gasteiger partial charge >= 0.3 is 6.03 Å². The van der Waals surface area contributed by atoms with Gasteiger partial charge in [0.2, 0.25) is 0 Å². The Bertz CT molecular complexity index is 421. The van der Waals surface area contributed by atoms with E-state index in [0.29, 0.717) is 18.8 Å². The summed E-state index contributed by atoms with van der Waals surface area (Å²) in [5.41, 5.74) is 0.318. The third-order valence-corrected chi connectivity index (χ3v) is 3.38. The molecule has 1 aromatic heterocycles. The quantitative estimate of drug-likeness (QED) is 0.820. The summed E-state index contributed by atoms with van der Waals surface area (Å²) in [6, 6.07) is 1.59. The molecule has 1 N–H and O–H groups in total. The zero-order valence-electron chi connectivity index (χ0n) is 10.9. The van der Waals surface area contributed by atoms with Gasteiger partial charge in [-0.2, -0.15) is 10.2 Å². The van der Waals surface area contributed by atoms with Gasteiger partial charge in [0.15, 0.2) is 0 Å². The molecule has 0 aliphatic carbocycles. The van der Waals surface area contributed by atoms with Crippen molar-refractivity contribution in [1.29, 1.82) is 0 Å². The van der Waals surface area contributed by atoms with Crippen molar-refractivity contribution in [2.45, 2.75) is 32.4 Å². The second kappa shape index (κ2) is 4.89. The van der Waals surface area contributed by atoms with E-state index in [1.165, 1.54) is 6.20 Å². The maximum absolute atomic E-state index is 12.2. The van der Waals surface area contributed by atoms with Crippen LogP contribution in [0.2, 0.25) is 0 Å². The Morgan fingerprint density at radius 2 is 2.33 bits per heavy atom. The first kappa shape index (κ1) is 12.8. The second-order valence-corrected chi connectivity index (χ2v) is 4.88. The summed E-state index contributed by atoms with van der Waals surface area (Å²) in [4.78, 5) is 14.0. The van der Waals surface area contributed by atoms with Crippen LogP contribution in [0.5, 0.6) is 0 Å². The van der Waals surface area contributed by atoms with Crippen LogP contribution >= 0.6 is 0 Å². The van der Waals surface area contributed by atoms with Crippen molar-refractivity contribution in [1.82, 2.24) is 15.1 Å². The Balaban J connectivity index is 2.05. The number of rotatable bonds is 1. The summed E-state index contributed by atoms with van der Waals surface area (Å²) in [5, 5.41) is 10.2. The first-order chi connectivity index (χ1) is 8.50. The standard InChI is InChI=1S/C12H18N4O2/c1-9-12(2,3)18-7-6-16(9)11(17)15-10-4-5-13-14-8-10/h4-5,8-9H,6-7H2,1-3H3,(H,13,15,17). The van der Waals surface area contributed by atoms with Gasteiger partial charge in [0.05, 0.1) is 36.3 Å². The van der Waals surface area contributed by atoms with Gasteiger partial charge in [0.25, 0.3) is 0 Å². The number of morpholine rings is 1. The molecule has 1 unspecified atom stereocenters. The summed E-state index contributed by atoms with van der Waals surface area (Å²) in [5.74, 6) is 0. The predicted octanol–water partition coefficient (Wildman–Crippen LogP) is 1.51. The van der Waals surface area contributed by atoms with E-state index in [-0.39, 0.29) is 17.7 Å². The lowest BCUT2D eigenvalue weighted by Gasteiger charge is -2.44. The van der Waals surface area contributed by atoms with Crippen LogP contribution in [-0.2, 0) is 4.74 Å². The minimum Gasteiger partial charge on any atom is -0.372 e. The zero-order valence-corrected chi connectivity index (χ0v) is 10.9. The molecule has 1 aliphatic heterocycles. The molecule has 2 rings (SSSR count). The largest absolute Gasteiger partial charge is 0.372 e. The van der Waals surface area contributed by atoms with Gasteiger partial charge in [-0.25, -0.2) is 4.79 Å². The Morgan fingerprint density at radius 3 is 3.00 bits per heavy atom. The van der Waals surface area contributed by atoms with Crippen LogP contribution in [0.25, 0.3) is 0 Å². The summed E-state index contributed by atoms with van der Waals surface area (Å²) < 4.78 is 5.66. The Kier molecular flexibility index (Phi) is 3.47. The van der Waals surface area contributed by atoms with Crippen LogP contribution in [0.1, 0.15) is 20.8 Å². The van der Waals surface area contributed by atoms with Crippen molar-refractivity contribution in [2.24, 2.45) is 0 Å². The number of nitrogens with zero attached hydrogens (tertiary/aromatic N) is 3. The number of hydrogen-bond donors (Lipinski definition) is 1. The van der Waals surface area contributed by atoms with Crippen molar-refractivity contribution in [3.8, 4) is 0 Å². The normalized spacial score (nSPS) is 22.6. The van der Waals surface area contributed by atoms with Gasteiger partial charge in [-0.1, -0.05) is 0 Å². The molecular formula is C12H18N4O2. The van der Waals surface area contributed by atoms with Crippen LogP contribution in [-0.4, -0.2) is 45.9 Å². The van der Waals surface area contributed by atoms with Gasteiger partial charge < -0.3 is 15.0 Å². The van der Waals surface area contributed by atoms with Crippen LogP contribution in [0.15, 0.2) is 18.5 Å². The van der Waals surface area contributed by atoms with Crippen molar-refractivity contribution in [2.75, 3.05) is 18.5 Å². The highest BCUT2D eigenvalue weighted by atomic mass is 16.5.